The summed E-state index contributed by atoms with van der Waals surface area (Å²) in [7, 11) is 0. The number of nitrogens with zero attached hydrogens (tertiary/aromatic N) is 2. The van der Waals surface area contributed by atoms with Gasteiger partial charge in [0.05, 0.1) is 22.4 Å². The molecule has 1 atom stereocenters. The molecule has 2 nitrogen and oxygen atoms in total. The van der Waals surface area contributed by atoms with E-state index in [9.17, 15) is 0 Å². The van der Waals surface area contributed by atoms with Gasteiger partial charge < -0.3 is 0 Å². The van der Waals surface area contributed by atoms with Gasteiger partial charge in [0.25, 0.3) is 0 Å². The van der Waals surface area contributed by atoms with Crippen LogP contribution in [0.5, 0.6) is 0 Å². The lowest BCUT2D eigenvalue weighted by molar-refractivity contribution is 0.721. The standard InChI is InChI=1S/C47H30N2S/c1-27-25-38(47-39(26-27)35-9-5-6-10-42(35)50-47)33-19-13-29-16-22-37-34(20-14-30-15-21-36(33)43(29)44(30)37)41-24-18-32-12-11-31-17-23-40(28-7-3-2-4-8-28)48-45(31)46(32)49-41/h2-25,27H,26H2,1H3. The maximum atomic E-state index is 5.37. The second-order valence-electron chi connectivity index (χ2n) is 13.8. The van der Waals surface area contributed by atoms with E-state index in [0.29, 0.717) is 5.92 Å². The van der Waals surface area contributed by atoms with Crippen molar-refractivity contribution in [1.29, 1.82) is 0 Å². The van der Waals surface area contributed by atoms with Crippen LogP contribution in [-0.2, 0) is 6.42 Å². The Morgan fingerprint density at radius 2 is 1.10 bits per heavy atom. The Labute approximate surface area is 293 Å². The summed E-state index contributed by atoms with van der Waals surface area (Å²) in [6.07, 6.45) is 3.60. The Balaban J connectivity index is 1.12. The van der Waals surface area contributed by atoms with Crippen LogP contribution in [0.4, 0.5) is 0 Å². The van der Waals surface area contributed by atoms with Crippen molar-refractivity contribution in [3.63, 3.8) is 0 Å². The lowest BCUT2D eigenvalue weighted by Crippen LogP contribution is -2.06. The monoisotopic (exact) mass is 654 g/mol. The van der Waals surface area contributed by atoms with Crippen LogP contribution in [0.3, 0.4) is 0 Å². The number of thiophene rings is 1. The first-order valence-electron chi connectivity index (χ1n) is 17.4. The molecule has 7 aromatic carbocycles. The number of allylic oxidation sites excluding steroid dienone is 1. The quantitative estimate of drug-likeness (QED) is 0.177. The fourth-order valence-corrected chi connectivity index (χ4v) is 9.69. The highest BCUT2D eigenvalue weighted by molar-refractivity contribution is 7.20. The number of hydrogen-bond acceptors (Lipinski definition) is 3. The summed E-state index contributed by atoms with van der Waals surface area (Å²) in [6, 6.07) is 50.7. The van der Waals surface area contributed by atoms with E-state index in [1.165, 1.54) is 64.0 Å². The fraction of sp³-hybridized carbons (Fsp3) is 0.0638. The van der Waals surface area contributed by atoms with Gasteiger partial charge >= 0.3 is 0 Å². The summed E-state index contributed by atoms with van der Waals surface area (Å²) in [5.41, 5.74) is 10.3. The van der Waals surface area contributed by atoms with Crippen molar-refractivity contribution >= 4 is 81.1 Å². The molecule has 1 aliphatic rings. The molecule has 3 aromatic heterocycles. The normalized spacial score (nSPS) is 14.7. The number of hydrogen-bond donors (Lipinski definition) is 0. The molecule has 0 saturated heterocycles. The van der Waals surface area contributed by atoms with E-state index >= 15 is 0 Å². The first-order valence-corrected chi connectivity index (χ1v) is 18.2. The van der Waals surface area contributed by atoms with Gasteiger partial charge in [0.2, 0.25) is 0 Å². The van der Waals surface area contributed by atoms with Crippen LogP contribution in [0.1, 0.15) is 22.9 Å². The zero-order valence-electron chi connectivity index (χ0n) is 27.4. The number of rotatable bonds is 3. The van der Waals surface area contributed by atoms with Gasteiger partial charge in [-0.1, -0.05) is 134 Å². The summed E-state index contributed by atoms with van der Waals surface area (Å²) in [5, 5.41) is 11.3. The van der Waals surface area contributed by atoms with Crippen molar-refractivity contribution < 1.29 is 0 Å². The van der Waals surface area contributed by atoms with Gasteiger partial charge in [-0.2, -0.15) is 0 Å². The SMILES string of the molecule is CC1C=C(c2ccc3ccc4c(-c5ccc6ccc7ccc(-c8ccccc8)nc7c6n5)ccc5ccc2c3c54)c2sc3ccccc3c2C1. The van der Waals surface area contributed by atoms with E-state index in [-0.39, 0.29) is 0 Å². The lowest BCUT2D eigenvalue weighted by atomic mass is 9.83. The van der Waals surface area contributed by atoms with Crippen LogP contribution in [0.15, 0.2) is 146 Å². The molecule has 0 fully saturated rings. The van der Waals surface area contributed by atoms with Gasteiger partial charge in [-0.3, -0.25) is 0 Å². The molecule has 234 valence electrons. The van der Waals surface area contributed by atoms with Crippen LogP contribution in [0.2, 0.25) is 0 Å². The highest BCUT2D eigenvalue weighted by Gasteiger charge is 2.25. The first kappa shape index (κ1) is 28.0. The van der Waals surface area contributed by atoms with Crippen molar-refractivity contribution in [2.75, 3.05) is 0 Å². The molecule has 3 heterocycles. The minimum Gasteiger partial charge on any atom is -0.245 e. The largest absolute Gasteiger partial charge is 0.245 e. The summed E-state index contributed by atoms with van der Waals surface area (Å²) in [5.74, 6) is 0.481. The summed E-state index contributed by atoms with van der Waals surface area (Å²) in [4.78, 5) is 12.0. The van der Waals surface area contributed by atoms with Gasteiger partial charge in [0, 0.05) is 31.5 Å². The Kier molecular flexibility index (Phi) is 5.90. The molecule has 10 aromatic rings. The molecule has 3 heteroatoms. The zero-order chi connectivity index (χ0) is 32.9. The Morgan fingerprint density at radius 3 is 1.86 bits per heavy atom. The fourth-order valence-electron chi connectivity index (χ4n) is 8.42. The van der Waals surface area contributed by atoms with Crippen LogP contribution in [-0.4, -0.2) is 9.97 Å². The summed E-state index contributed by atoms with van der Waals surface area (Å²) >= 11 is 1.94. The number of pyridine rings is 2. The molecule has 1 unspecified atom stereocenters. The van der Waals surface area contributed by atoms with Crippen molar-refractivity contribution in [3.8, 4) is 22.5 Å². The minimum atomic E-state index is 0.481. The molecular formula is C47H30N2S. The highest BCUT2D eigenvalue weighted by atomic mass is 32.1. The third kappa shape index (κ3) is 4.08. The van der Waals surface area contributed by atoms with Crippen LogP contribution >= 0.6 is 11.3 Å². The zero-order valence-corrected chi connectivity index (χ0v) is 28.3. The number of benzene rings is 7. The molecule has 0 amide bonds. The summed E-state index contributed by atoms with van der Waals surface area (Å²) < 4.78 is 1.38. The highest BCUT2D eigenvalue weighted by Crippen LogP contribution is 2.47. The molecule has 11 rings (SSSR count). The average molecular weight is 655 g/mol. The number of fused-ring (bicyclic) bond motifs is 6. The maximum Gasteiger partial charge on any atom is 0.0972 e. The predicted molar refractivity (Wildman–Crippen MR) is 213 cm³/mol. The molecule has 0 spiro atoms. The van der Waals surface area contributed by atoms with Gasteiger partial charge in [0.15, 0.2) is 0 Å². The van der Waals surface area contributed by atoms with Crippen molar-refractivity contribution in [2.45, 2.75) is 13.3 Å². The van der Waals surface area contributed by atoms with Gasteiger partial charge in [-0.05, 0) is 84.9 Å². The second-order valence-corrected chi connectivity index (χ2v) is 14.8. The first-order chi connectivity index (χ1) is 24.7. The summed E-state index contributed by atoms with van der Waals surface area (Å²) in [6.45, 7) is 2.36. The second kappa shape index (κ2) is 10.5. The van der Waals surface area contributed by atoms with E-state index in [2.05, 4.69) is 146 Å². The average Bonchev–Trinajstić information content (AvgIpc) is 3.55. The molecule has 0 bridgehead atoms. The Morgan fingerprint density at radius 1 is 0.520 bits per heavy atom. The molecule has 0 radical (unpaired) electrons. The molecular weight excluding hydrogens is 625 g/mol. The number of aromatic nitrogens is 2. The molecule has 50 heavy (non-hydrogen) atoms. The van der Waals surface area contributed by atoms with E-state index in [1.807, 2.05) is 17.4 Å². The van der Waals surface area contributed by atoms with Gasteiger partial charge in [-0.15, -0.1) is 11.3 Å². The molecule has 0 saturated carbocycles. The van der Waals surface area contributed by atoms with Crippen LogP contribution in [0.25, 0.3) is 92.3 Å². The smallest absolute Gasteiger partial charge is 0.0972 e. The topological polar surface area (TPSA) is 25.8 Å². The van der Waals surface area contributed by atoms with E-state index < -0.39 is 0 Å². The van der Waals surface area contributed by atoms with Crippen molar-refractivity contribution in [3.05, 3.63) is 162 Å². The minimum absolute atomic E-state index is 0.481. The third-order valence-corrected chi connectivity index (χ3v) is 12.0. The van der Waals surface area contributed by atoms with E-state index in [4.69, 9.17) is 9.97 Å². The molecule has 1 aliphatic carbocycles. The maximum absolute atomic E-state index is 5.37. The van der Waals surface area contributed by atoms with Gasteiger partial charge in [-0.25, -0.2) is 9.97 Å². The predicted octanol–water partition coefficient (Wildman–Crippen LogP) is 12.9. The van der Waals surface area contributed by atoms with Crippen LogP contribution in [0, 0.1) is 5.92 Å². The van der Waals surface area contributed by atoms with E-state index in [1.54, 1.807) is 0 Å². The molecule has 0 aliphatic heterocycles. The third-order valence-electron chi connectivity index (χ3n) is 10.7. The van der Waals surface area contributed by atoms with Crippen molar-refractivity contribution in [2.24, 2.45) is 5.92 Å². The Hall–Kier alpha value is -5.90. The lowest BCUT2D eigenvalue weighted by Gasteiger charge is -2.22. The van der Waals surface area contributed by atoms with Crippen molar-refractivity contribution in [1.82, 2.24) is 9.97 Å². The van der Waals surface area contributed by atoms with Crippen LogP contribution < -0.4 is 0 Å². The molecule has 0 N–H and O–H groups in total. The Bertz CT molecular complexity index is 3020. The van der Waals surface area contributed by atoms with E-state index in [0.717, 1.165) is 50.7 Å². The van der Waals surface area contributed by atoms with Gasteiger partial charge in [0.1, 0.15) is 0 Å².